The predicted molar refractivity (Wildman–Crippen MR) is 131 cm³/mol. The summed E-state index contributed by atoms with van der Waals surface area (Å²) in [5, 5.41) is 19.0. The molecule has 3 fully saturated rings. The fourth-order valence-electron chi connectivity index (χ4n) is 8.83. The van der Waals surface area contributed by atoms with E-state index >= 15 is 0 Å². The molecule has 0 aromatic carbocycles. The molecule has 8 atom stereocenters. The molecule has 0 aliphatic heterocycles. The highest BCUT2D eigenvalue weighted by Crippen LogP contribution is 2.67. The van der Waals surface area contributed by atoms with E-state index in [0.717, 1.165) is 42.9 Å². The second-order valence-electron chi connectivity index (χ2n) is 12.6. The van der Waals surface area contributed by atoms with Crippen molar-refractivity contribution in [3.63, 3.8) is 0 Å². The molecule has 0 spiro atoms. The Morgan fingerprint density at radius 1 is 1.09 bits per heavy atom. The minimum atomic E-state index is -0.0673. The Kier molecular flexibility index (Phi) is 7.30. The van der Waals surface area contributed by atoms with Gasteiger partial charge in [-0.2, -0.15) is 0 Å². The maximum absolute atomic E-state index is 10.3. The van der Waals surface area contributed by atoms with E-state index in [1.807, 2.05) is 5.57 Å². The molecule has 182 valence electrons. The zero-order chi connectivity index (χ0) is 23.1. The van der Waals surface area contributed by atoms with Crippen LogP contribution in [0.5, 0.6) is 0 Å². The zero-order valence-electron chi connectivity index (χ0n) is 21.3. The van der Waals surface area contributed by atoms with E-state index in [-0.39, 0.29) is 6.10 Å². The zero-order valence-corrected chi connectivity index (χ0v) is 21.3. The molecule has 3 saturated carbocycles. The maximum atomic E-state index is 10.3. The van der Waals surface area contributed by atoms with Crippen molar-refractivity contribution in [2.24, 2.45) is 46.3 Å². The Bertz CT molecular complexity index is 724. The van der Waals surface area contributed by atoms with Crippen LogP contribution in [0.25, 0.3) is 0 Å². The van der Waals surface area contributed by atoms with Gasteiger partial charge >= 0.3 is 0 Å². The first kappa shape index (κ1) is 24.5. The molecule has 0 aromatic heterocycles. The lowest BCUT2D eigenvalue weighted by molar-refractivity contribution is -0.232. The van der Waals surface area contributed by atoms with Crippen LogP contribution >= 0.6 is 0 Å². The van der Waals surface area contributed by atoms with Gasteiger partial charge in [-0.25, -0.2) is 4.89 Å². The van der Waals surface area contributed by atoms with Crippen LogP contribution in [0.3, 0.4) is 0 Å². The molecule has 0 radical (unpaired) electrons. The highest BCUT2D eigenvalue weighted by atomic mass is 17.1. The van der Waals surface area contributed by atoms with E-state index in [1.165, 1.54) is 50.5 Å². The first-order valence-electron chi connectivity index (χ1n) is 13.5. The number of allylic oxidation sites excluding steroid dienone is 3. The van der Waals surface area contributed by atoms with Gasteiger partial charge in [-0.1, -0.05) is 57.9 Å². The van der Waals surface area contributed by atoms with Crippen molar-refractivity contribution in [3.05, 3.63) is 23.3 Å². The molecule has 4 aliphatic rings. The molecular formula is C29H48O3. The van der Waals surface area contributed by atoms with E-state index in [4.69, 9.17) is 5.26 Å². The van der Waals surface area contributed by atoms with Gasteiger partial charge in [0.05, 0.1) is 6.10 Å². The molecule has 2 N–H and O–H groups in total. The first-order chi connectivity index (χ1) is 15.2. The molecule has 8 unspecified atom stereocenters. The van der Waals surface area contributed by atoms with E-state index in [0.29, 0.717) is 29.3 Å². The quantitative estimate of drug-likeness (QED) is 0.244. The second-order valence-corrected chi connectivity index (χ2v) is 12.6. The van der Waals surface area contributed by atoms with Crippen molar-refractivity contribution < 1.29 is 15.3 Å². The summed E-state index contributed by atoms with van der Waals surface area (Å²) in [5.41, 5.74) is 4.11. The Labute approximate surface area is 196 Å². The van der Waals surface area contributed by atoms with Crippen molar-refractivity contribution in [3.8, 4) is 0 Å². The van der Waals surface area contributed by atoms with E-state index in [2.05, 4.69) is 51.7 Å². The highest BCUT2D eigenvalue weighted by molar-refractivity contribution is 5.27. The normalized spacial score (nSPS) is 42.8. The van der Waals surface area contributed by atoms with E-state index < -0.39 is 0 Å². The van der Waals surface area contributed by atoms with Gasteiger partial charge in [0.15, 0.2) is 0 Å². The van der Waals surface area contributed by atoms with Crippen LogP contribution in [0, 0.1) is 46.3 Å². The fraction of sp³-hybridized carbons (Fsp3) is 0.862. The molecule has 32 heavy (non-hydrogen) atoms. The maximum Gasteiger partial charge on any atom is 0.100 e. The van der Waals surface area contributed by atoms with Gasteiger partial charge in [0.25, 0.3) is 0 Å². The van der Waals surface area contributed by atoms with Gasteiger partial charge in [-0.15, -0.1) is 0 Å². The molecular weight excluding hydrogens is 396 g/mol. The van der Waals surface area contributed by atoms with Gasteiger partial charge in [0, 0.05) is 0 Å². The number of fused-ring (bicyclic) bond motifs is 5. The lowest BCUT2D eigenvalue weighted by atomic mass is 9.47. The van der Waals surface area contributed by atoms with Gasteiger partial charge in [0.2, 0.25) is 0 Å². The summed E-state index contributed by atoms with van der Waals surface area (Å²) < 4.78 is 0. The van der Waals surface area contributed by atoms with Crippen LogP contribution < -0.4 is 0 Å². The minimum Gasteiger partial charge on any atom is -0.393 e. The smallest absolute Gasteiger partial charge is 0.100 e. The standard InChI is InChI=1S/C29H48O3/c1-19(2)21(14-17-32-31)7-6-20(3)25-10-11-26-24-9-8-22-18-23(30)12-15-28(22,4)27(24)13-16-29(25,26)5/h9,14,19-20,22-23,25-27,30-31H,6-8,10-13,15-18H2,1-5H3. The number of hydrogen-bond acceptors (Lipinski definition) is 3. The number of rotatable bonds is 7. The fourth-order valence-corrected chi connectivity index (χ4v) is 8.83. The average molecular weight is 445 g/mol. The molecule has 0 amide bonds. The molecule has 0 bridgehead atoms. The lowest BCUT2D eigenvalue weighted by Gasteiger charge is -2.57. The van der Waals surface area contributed by atoms with Gasteiger partial charge in [-0.05, 0) is 111 Å². The molecule has 0 heterocycles. The van der Waals surface area contributed by atoms with Crippen molar-refractivity contribution in [2.75, 3.05) is 6.61 Å². The number of hydrogen-bond donors (Lipinski definition) is 2. The third-order valence-corrected chi connectivity index (χ3v) is 10.9. The van der Waals surface area contributed by atoms with E-state index in [1.54, 1.807) is 0 Å². The third-order valence-electron chi connectivity index (χ3n) is 10.9. The number of aliphatic hydroxyl groups is 1. The summed E-state index contributed by atoms with van der Waals surface area (Å²) >= 11 is 0. The Hall–Kier alpha value is -0.640. The van der Waals surface area contributed by atoms with E-state index in [9.17, 15) is 5.11 Å². The van der Waals surface area contributed by atoms with Crippen LogP contribution in [0.15, 0.2) is 23.3 Å². The predicted octanol–water partition coefficient (Wildman–Crippen LogP) is 7.41. The molecule has 0 aromatic rings. The highest BCUT2D eigenvalue weighted by Gasteiger charge is 2.58. The van der Waals surface area contributed by atoms with Crippen molar-refractivity contribution in [1.29, 1.82) is 0 Å². The lowest BCUT2D eigenvalue weighted by Crippen LogP contribution is -2.49. The second kappa shape index (κ2) is 9.55. The summed E-state index contributed by atoms with van der Waals surface area (Å²) in [7, 11) is 0. The van der Waals surface area contributed by atoms with Crippen molar-refractivity contribution >= 4 is 0 Å². The monoisotopic (exact) mass is 444 g/mol. The van der Waals surface area contributed by atoms with Gasteiger partial charge in [0.1, 0.15) is 6.61 Å². The summed E-state index contributed by atoms with van der Waals surface area (Å²) in [6, 6.07) is 0. The van der Waals surface area contributed by atoms with Gasteiger partial charge < -0.3 is 5.11 Å². The summed E-state index contributed by atoms with van der Waals surface area (Å²) in [6.45, 7) is 12.5. The molecule has 0 saturated heterocycles. The number of aliphatic hydroxyl groups excluding tert-OH is 1. The van der Waals surface area contributed by atoms with Crippen LogP contribution in [0.1, 0.15) is 98.8 Å². The summed E-state index contributed by atoms with van der Waals surface area (Å²) in [6.07, 6.45) is 16.9. The van der Waals surface area contributed by atoms with Crippen LogP contribution in [0.2, 0.25) is 0 Å². The largest absolute Gasteiger partial charge is 0.393 e. The molecule has 3 heteroatoms. The minimum absolute atomic E-state index is 0.0673. The molecule has 4 aliphatic carbocycles. The Morgan fingerprint density at radius 3 is 2.53 bits per heavy atom. The SMILES string of the molecule is CC(C)C(=CCOO)CCC(C)C1CCC2C3=CCC4CC(O)CCC4(C)C3CCC21C. The Balaban J connectivity index is 1.47. The first-order valence-corrected chi connectivity index (χ1v) is 13.5. The molecule has 3 nitrogen and oxygen atoms in total. The third kappa shape index (κ3) is 4.27. The van der Waals surface area contributed by atoms with Crippen molar-refractivity contribution in [1.82, 2.24) is 0 Å². The van der Waals surface area contributed by atoms with Crippen molar-refractivity contribution in [2.45, 2.75) is 105 Å². The van der Waals surface area contributed by atoms with Crippen LogP contribution in [-0.4, -0.2) is 23.1 Å². The molecule has 4 rings (SSSR count). The summed E-state index contributed by atoms with van der Waals surface area (Å²) in [5.74, 6) is 4.28. The summed E-state index contributed by atoms with van der Waals surface area (Å²) in [4.78, 5) is 4.32. The topological polar surface area (TPSA) is 49.7 Å². The average Bonchev–Trinajstić information content (AvgIpc) is 3.11. The van der Waals surface area contributed by atoms with Crippen LogP contribution in [-0.2, 0) is 4.89 Å². The van der Waals surface area contributed by atoms with Crippen LogP contribution in [0.4, 0.5) is 0 Å². The van der Waals surface area contributed by atoms with Gasteiger partial charge in [-0.3, -0.25) is 5.26 Å². The Morgan fingerprint density at radius 2 is 1.81 bits per heavy atom.